The van der Waals surface area contributed by atoms with Crippen molar-refractivity contribution < 1.29 is 27.9 Å². The molecule has 0 aromatic carbocycles. The van der Waals surface area contributed by atoms with Crippen molar-refractivity contribution in [2.45, 2.75) is 44.8 Å². The van der Waals surface area contributed by atoms with Crippen molar-refractivity contribution in [1.82, 2.24) is 0 Å². The van der Waals surface area contributed by atoms with Crippen molar-refractivity contribution in [1.29, 1.82) is 0 Å². The molecule has 3 unspecified atom stereocenters. The quantitative estimate of drug-likeness (QED) is 0.606. The summed E-state index contributed by atoms with van der Waals surface area (Å²) < 4.78 is 28.2. The molecule has 1 fully saturated rings. The molecule has 3 atom stereocenters. The fourth-order valence-electron chi connectivity index (χ4n) is 2.77. The minimum atomic E-state index is -3.23. The number of carbonyl (C=O) groups is 2. The summed E-state index contributed by atoms with van der Waals surface area (Å²) in [6, 6.07) is 0. The third kappa shape index (κ3) is 3.31. The molecule has 1 rings (SSSR count). The van der Waals surface area contributed by atoms with E-state index in [0.29, 0.717) is 19.3 Å². The van der Waals surface area contributed by atoms with Crippen LogP contribution < -0.4 is 0 Å². The Labute approximate surface area is 119 Å². The third-order valence-corrected chi connectivity index (χ3v) is 5.83. The van der Waals surface area contributed by atoms with E-state index in [4.69, 9.17) is 4.74 Å². The maximum Gasteiger partial charge on any atom is 0.323 e. The molecule has 0 bridgehead atoms. The van der Waals surface area contributed by atoms with Gasteiger partial charge in [0.2, 0.25) is 0 Å². The largest absolute Gasteiger partial charge is 0.480 e. The molecule has 0 aromatic heterocycles. The lowest BCUT2D eigenvalue weighted by atomic mass is 9.69. The highest BCUT2D eigenvalue weighted by molar-refractivity contribution is 7.91. The van der Waals surface area contributed by atoms with E-state index in [0.717, 1.165) is 6.26 Å². The summed E-state index contributed by atoms with van der Waals surface area (Å²) in [4.78, 5) is 23.6. The van der Waals surface area contributed by atoms with Crippen molar-refractivity contribution in [3.8, 4) is 0 Å². The number of carbonyl (C=O) groups excluding carboxylic acids is 1. The molecule has 0 saturated heterocycles. The number of ether oxygens (including phenoxy) is 1. The van der Waals surface area contributed by atoms with Crippen LogP contribution >= 0.6 is 0 Å². The maximum atomic E-state index is 12.0. The second-order valence-corrected chi connectivity index (χ2v) is 7.87. The zero-order valence-corrected chi connectivity index (χ0v) is 12.9. The van der Waals surface area contributed by atoms with Gasteiger partial charge in [-0.15, -0.1) is 0 Å². The van der Waals surface area contributed by atoms with Crippen molar-refractivity contribution in [3.63, 3.8) is 0 Å². The van der Waals surface area contributed by atoms with Gasteiger partial charge in [0, 0.05) is 6.26 Å². The van der Waals surface area contributed by atoms with Gasteiger partial charge in [-0.2, -0.15) is 0 Å². The van der Waals surface area contributed by atoms with E-state index >= 15 is 0 Å². The van der Waals surface area contributed by atoms with Gasteiger partial charge in [-0.1, -0.05) is 6.42 Å². The highest BCUT2D eigenvalue weighted by Gasteiger charge is 2.51. The van der Waals surface area contributed by atoms with Crippen molar-refractivity contribution >= 4 is 21.8 Å². The topological polar surface area (TPSA) is 97.7 Å². The first-order valence-electron chi connectivity index (χ1n) is 6.73. The van der Waals surface area contributed by atoms with E-state index in [1.165, 1.54) is 6.92 Å². The molecule has 0 aromatic rings. The van der Waals surface area contributed by atoms with Crippen molar-refractivity contribution in [2.75, 3.05) is 12.9 Å². The first-order chi connectivity index (χ1) is 9.14. The molecule has 1 N–H and O–H groups in total. The van der Waals surface area contributed by atoms with Crippen LogP contribution in [0.25, 0.3) is 0 Å². The summed E-state index contributed by atoms with van der Waals surface area (Å²) in [5.41, 5.74) is -1.68. The summed E-state index contributed by atoms with van der Waals surface area (Å²) in [7, 11) is -3.23. The number of esters is 1. The molecule has 0 heterocycles. The number of carboxylic acid groups (broad SMARTS) is 1. The number of rotatable bonds is 5. The van der Waals surface area contributed by atoms with E-state index < -0.39 is 38.4 Å². The monoisotopic (exact) mass is 306 g/mol. The van der Waals surface area contributed by atoms with Crippen LogP contribution in [0.3, 0.4) is 0 Å². The third-order valence-electron chi connectivity index (χ3n) is 4.19. The lowest BCUT2D eigenvalue weighted by Gasteiger charge is -2.36. The fourth-order valence-corrected chi connectivity index (χ4v) is 3.94. The Morgan fingerprint density at radius 1 is 1.35 bits per heavy atom. The average molecular weight is 306 g/mol. The second-order valence-electron chi connectivity index (χ2n) is 5.54. The maximum absolute atomic E-state index is 12.0. The number of aliphatic carboxylic acids is 1. The zero-order valence-electron chi connectivity index (χ0n) is 12.1. The molecular formula is C13H22O6S. The minimum Gasteiger partial charge on any atom is -0.480 e. The van der Waals surface area contributed by atoms with Gasteiger partial charge in [-0.3, -0.25) is 9.59 Å². The Hall–Kier alpha value is -1.11. The summed E-state index contributed by atoms with van der Waals surface area (Å²) in [6.45, 7) is 3.05. The molecule has 116 valence electrons. The average Bonchev–Trinajstić information content (AvgIpc) is 2.36. The summed E-state index contributed by atoms with van der Waals surface area (Å²) in [5.74, 6) is -2.56. The predicted molar refractivity (Wildman–Crippen MR) is 73.0 cm³/mol. The summed E-state index contributed by atoms with van der Waals surface area (Å²) in [5, 5.41) is 8.85. The van der Waals surface area contributed by atoms with Crippen LogP contribution in [0.5, 0.6) is 0 Å². The first-order valence-corrected chi connectivity index (χ1v) is 8.69. The Bertz CT molecular complexity index is 483. The van der Waals surface area contributed by atoms with Crippen LogP contribution in [0.2, 0.25) is 0 Å². The van der Waals surface area contributed by atoms with Gasteiger partial charge in [0.15, 0.2) is 5.41 Å². The fraction of sp³-hybridized carbons (Fsp3) is 0.846. The summed E-state index contributed by atoms with van der Waals surface area (Å²) >= 11 is 0. The predicted octanol–water partition coefficient (Wildman–Crippen LogP) is 1.24. The van der Waals surface area contributed by atoms with E-state index in [1.807, 2.05) is 0 Å². The van der Waals surface area contributed by atoms with Crippen LogP contribution in [0.4, 0.5) is 0 Å². The van der Waals surface area contributed by atoms with Crippen LogP contribution in [0, 0.1) is 11.3 Å². The smallest absolute Gasteiger partial charge is 0.323 e. The molecule has 20 heavy (non-hydrogen) atoms. The molecule has 7 heteroatoms. The molecular weight excluding hydrogens is 284 g/mol. The molecule has 0 radical (unpaired) electrons. The Balaban J connectivity index is 3.04. The molecule has 0 aliphatic heterocycles. The molecule has 1 saturated carbocycles. The van der Waals surface area contributed by atoms with Crippen molar-refractivity contribution in [2.24, 2.45) is 11.3 Å². The van der Waals surface area contributed by atoms with Gasteiger partial charge in [0.25, 0.3) is 0 Å². The molecule has 1 aliphatic carbocycles. The molecule has 1 aliphatic rings. The van der Waals surface area contributed by atoms with Gasteiger partial charge in [0.1, 0.15) is 9.84 Å². The molecule has 0 amide bonds. The van der Waals surface area contributed by atoms with E-state index in [9.17, 15) is 23.1 Å². The Kier molecular flexibility index (Phi) is 5.18. The number of hydrogen-bond donors (Lipinski definition) is 1. The second kappa shape index (κ2) is 6.11. The first kappa shape index (κ1) is 16.9. The van der Waals surface area contributed by atoms with Gasteiger partial charge in [-0.05, 0) is 39.0 Å². The number of sulfone groups is 1. The van der Waals surface area contributed by atoms with Gasteiger partial charge >= 0.3 is 11.9 Å². The van der Waals surface area contributed by atoms with Crippen LogP contribution in [0.15, 0.2) is 0 Å². The standard InChI is InChI=1S/C13H22O6S/c1-4-19-12(16)13(2,11(14)15)9-6-5-7-10(8-9)20(3,17)18/h9-10H,4-8H2,1-3H3,(H,14,15). The van der Waals surface area contributed by atoms with Gasteiger partial charge in [-0.25, -0.2) is 8.42 Å². The highest BCUT2D eigenvalue weighted by atomic mass is 32.2. The number of hydrogen-bond acceptors (Lipinski definition) is 5. The molecule has 6 nitrogen and oxygen atoms in total. The van der Waals surface area contributed by atoms with Gasteiger partial charge in [0.05, 0.1) is 11.9 Å². The summed E-state index contributed by atoms with van der Waals surface area (Å²) in [6.07, 6.45) is 3.00. The van der Waals surface area contributed by atoms with Crippen molar-refractivity contribution in [3.05, 3.63) is 0 Å². The van der Waals surface area contributed by atoms with Crippen LogP contribution in [0.1, 0.15) is 39.5 Å². The Morgan fingerprint density at radius 2 is 1.95 bits per heavy atom. The zero-order chi connectivity index (χ0) is 15.6. The van der Waals surface area contributed by atoms with Crippen LogP contribution in [-0.2, 0) is 24.2 Å². The van der Waals surface area contributed by atoms with Gasteiger partial charge < -0.3 is 9.84 Å². The van der Waals surface area contributed by atoms with E-state index in [-0.39, 0.29) is 13.0 Å². The minimum absolute atomic E-state index is 0.101. The number of carboxylic acids is 1. The van der Waals surface area contributed by atoms with Crippen LogP contribution in [-0.4, -0.2) is 43.6 Å². The Morgan fingerprint density at radius 3 is 2.40 bits per heavy atom. The SMILES string of the molecule is CCOC(=O)C(C)(C(=O)O)C1CCCC(S(C)(=O)=O)C1. The lowest BCUT2D eigenvalue weighted by molar-refractivity contribution is -0.172. The molecule has 0 spiro atoms. The normalized spacial score (nSPS) is 26.6. The van der Waals surface area contributed by atoms with E-state index in [2.05, 4.69) is 0 Å². The van der Waals surface area contributed by atoms with E-state index in [1.54, 1.807) is 6.92 Å². The highest BCUT2D eigenvalue weighted by Crippen LogP contribution is 2.41. The lowest BCUT2D eigenvalue weighted by Crippen LogP contribution is -2.47.